The Morgan fingerprint density at radius 1 is 1.17 bits per heavy atom. The number of hydrogen-bond acceptors (Lipinski definition) is 2. The van der Waals surface area contributed by atoms with Gasteiger partial charge in [-0.25, -0.2) is 4.79 Å². The summed E-state index contributed by atoms with van der Waals surface area (Å²) in [5.41, 5.74) is 1.56. The van der Waals surface area contributed by atoms with Crippen molar-refractivity contribution in [3.05, 3.63) is 69.2 Å². The summed E-state index contributed by atoms with van der Waals surface area (Å²) in [5.74, 6) is -1.42. The molecule has 0 fully saturated rings. The second kappa shape index (κ2) is 8.13. The molecule has 120 valence electrons. The lowest BCUT2D eigenvalue weighted by molar-refractivity contribution is -0.141. The minimum Gasteiger partial charge on any atom is -0.480 e. The Bertz CT molecular complexity index is 706. The highest BCUT2D eigenvalue weighted by Gasteiger charge is 2.21. The van der Waals surface area contributed by atoms with E-state index in [-0.39, 0.29) is 18.7 Å². The molecule has 1 amide bonds. The number of carboxylic acid groups (broad SMARTS) is 1. The molecule has 2 aromatic rings. The standard InChI is InChI=1S/C17H15BrClNO3/c18-14-7-6-13(19)9-12(14)10-15(17(22)23)20-16(21)8-11-4-2-1-3-5-11/h1-7,9,15H,8,10H2,(H,20,21)(H,22,23)/t15-/m0/s1. The fourth-order valence-electron chi connectivity index (χ4n) is 2.15. The zero-order chi connectivity index (χ0) is 16.8. The molecule has 0 unspecified atom stereocenters. The third kappa shape index (κ3) is 5.37. The van der Waals surface area contributed by atoms with Crippen molar-refractivity contribution < 1.29 is 14.7 Å². The molecule has 2 aromatic carbocycles. The molecular formula is C17H15BrClNO3. The van der Waals surface area contributed by atoms with Crippen LogP contribution in [0.4, 0.5) is 0 Å². The van der Waals surface area contributed by atoms with E-state index in [4.69, 9.17) is 11.6 Å². The summed E-state index contributed by atoms with van der Waals surface area (Å²) >= 11 is 9.30. The van der Waals surface area contributed by atoms with E-state index >= 15 is 0 Å². The van der Waals surface area contributed by atoms with Crippen LogP contribution in [0.2, 0.25) is 5.02 Å². The van der Waals surface area contributed by atoms with Crippen molar-refractivity contribution in [1.82, 2.24) is 5.32 Å². The van der Waals surface area contributed by atoms with Crippen LogP contribution >= 0.6 is 27.5 Å². The van der Waals surface area contributed by atoms with Crippen LogP contribution in [-0.4, -0.2) is 23.0 Å². The molecule has 0 aliphatic heterocycles. The molecule has 23 heavy (non-hydrogen) atoms. The molecule has 2 rings (SSSR count). The van der Waals surface area contributed by atoms with E-state index in [1.807, 2.05) is 30.3 Å². The van der Waals surface area contributed by atoms with Crippen molar-refractivity contribution in [2.24, 2.45) is 0 Å². The molecule has 1 atom stereocenters. The van der Waals surface area contributed by atoms with Gasteiger partial charge in [0, 0.05) is 15.9 Å². The number of hydrogen-bond donors (Lipinski definition) is 2. The van der Waals surface area contributed by atoms with Crippen LogP contribution in [-0.2, 0) is 22.4 Å². The molecule has 0 heterocycles. The normalized spacial score (nSPS) is 11.7. The number of halogens is 2. The van der Waals surface area contributed by atoms with Gasteiger partial charge in [-0.1, -0.05) is 57.9 Å². The summed E-state index contributed by atoms with van der Waals surface area (Å²) in [7, 11) is 0. The van der Waals surface area contributed by atoms with Crippen LogP contribution in [0.25, 0.3) is 0 Å². The van der Waals surface area contributed by atoms with Crippen molar-refractivity contribution >= 4 is 39.4 Å². The van der Waals surface area contributed by atoms with Gasteiger partial charge >= 0.3 is 5.97 Å². The highest BCUT2D eigenvalue weighted by Crippen LogP contribution is 2.22. The fraction of sp³-hybridized carbons (Fsp3) is 0.176. The first kappa shape index (κ1) is 17.5. The first-order chi connectivity index (χ1) is 11.0. The lowest BCUT2D eigenvalue weighted by Crippen LogP contribution is -2.43. The van der Waals surface area contributed by atoms with Gasteiger partial charge in [0.05, 0.1) is 6.42 Å². The van der Waals surface area contributed by atoms with Crippen LogP contribution in [0.3, 0.4) is 0 Å². The van der Waals surface area contributed by atoms with Crippen molar-refractivity contribution in [3.63, 3.8) is 0 Å². The van der Waals surface area contributed by atoms with Crippen LogP contribution in [0.5, 0.6) is 0 Å². The summed E-state index contributed by atoms with van der Waals surface area (Å²) in [4.78, 5) is 23.5. The van der Waals surface area contributed by atoms with Gasteiger partial charge in [-0.3, -0.25) is 4.79 Å². The predicted molar refractivity (Wildman–Crippen MR) is 92.6 cm³/mol. The molecule has 6 heteroatoms. The highest BCUT2D eigenvalue weighted by molar-refractivity contribution is 9.10. The number of aliphatic carboxylic acids is 1. The number of amides is 1. The lowest BCUT2D eigenvalue weighted by atomic mass is 10.1. The van der Waals surface area contributed by atoms with E-state index in [1.54, 1.807) is 18.2 Å². The largest absolute Gasteiger partial charge is 0.480 e. The van der Waals surface area contributed by atoms with Gasteiger partial charge in [0.1, 0.15) is 6.04 Å². The number of carbonyl (C=O) groups excluding carboxylic acids is 1. The molecule has 4 nitrogen and oxygen atoms in total. The number of benzene rings is 2. The molecule has 0 aliphatic carbocycles. The molecule has 0 bridgehead atoms. The van der Waals surface area contributed by atoms with Gasteiger partial charge in [0.25, 0.3) is 0 Å². The smallest absolute Gasteiger partial charge is 0.326 e. The number of carboxylic acids is 1. The van der Waals surface area contributed by atoms with E-state index in [0.29, 0.717) is 5.02 Å². The molecular weight excluding hydrogens is 382 g/mol. The Labute approximate surface area is 147 Å². The summed E-state index contributed by atoms with van der Waals surface area (Å²) in [6.07, 6.45) is 0.290. The number of carbonyl (C=O) groups is 2. The summed E-state index contributed by atoms with van der Waals surface area (Å²) in [6, 6.07) is 13.3. The van der Waals surface area contributed by atoms with E-state index in [1.165, 1.54) is 0 Å². The fourth-order valence-corrected chi connectivity index (χ4v) is 2.75. The first-order valence-corrected chi connectivity index (χ1v) is 8.13. The van der Waals surface area contributed by atoms with Crippen molar-refractivity contribution in [2.45, 2.75) is 18.9 Å². The van der Waals surface area contributed by atoms with E-state index < -0.39 is 12.0 Å². The average molecular weight is 397 g/mol. The second-order valence-corrected chi connectivity index (χ2v) is 6.35. The van der Waals surface area contributed by atoms with Crippen LogP contribution in [0, 0.1) is 0 Å². The zero-order valence-corrected chi connectivity index (χ0v) is 14.5. The van der Waals surface area contributed by atoms with E-state index in [0.717, 1.165) is 15.6 Å². The first-order valence-electron chi connectivity index (χ1n) is 6.95. The molecule has 0 aromatic heterocycles. The molecule has 0 radical (unpaired) electrons. The Kier molecular flexibility index (Phi) is 6.19. The molecule has 0 aliphatic rings. The molecule has 0 saturated carbocycles. The Morgan fingerprint density at radius 3 is 2.52 bits per heavy atom. The number of rotatable bonds is 6. The minimum atomic E-state index is -1.08. The maximum atomic E-state index is 12.1. The Hall–Kier alpha value is -1.85. The lowest BCUT2D eigenvalue weighted by Gasteiger charge is -2.16. The third-order valence-corrected chi connectivity index (χ3v) is 4.28. The maximum Gasteiger partial charge on any atom is 0.326 e. The van der Waals surface area contributed by atoms with Crippen molar-refractivity contribution in [3.8, 4) is 0 Å². The van der Waals surface area contributed by atoms with Gasteiger partial charge in [0.15, 0.2) is 0 Å². The Balaban J connectivity index is 2.05. The molecule has 2 N–H and O–H groups in total. The summed E-state index contributed by atoms with van der Waals surface area (Å²) in [6.45, 7) is 0. The topological polar surface area (TPSA) is 66.4 Å². The zero-order valence-electron chi connectivity index (χ0n) is 12.1. The van der Waals surface area contributed by atoms with Gasteiger partial charge in [-0.05, 0) is 29.3 Å². The van der Waals surface area contributed by atoms with Gasteiger partial charge in [0.2, 0.25) is 5.91 Å². The summed E-state index contributed by atoms with van der Waals surface area (Å²) in [5, 5.41) is 12.4. The van der Waals surface area contributed by atoms with Gasteiger partial charge in [-0.15, -0.1) is 0 Å². The van der Waals surface area contributed by atoms with E-state index in [2.05, 4.69) is 21.2 Å². The quantitative estimate of drug-likeness (QED) is 0.786. The van der Waals surface area contributed by atoms with Crippen LogP contribution < -0.4 is 5.32 Å². The van der Waals surface area contributed by atoms with Gasteiger partial charge in [-0.2, -0.15) is 0 Å². The monoisotopic (exact) mass is 395 g/mol. The number of nitrogens with one attached hydrogen (secondary N) is 1. The summed E-state index contributed by atoms with van der Waals surface area (Å²) < 4.78 is 0.755. The van der Waals surface area contributed by atoms with Crippen LogP contribution in [0.15, 0.2) is 53.0 Å². The molecule has 0 spiro atoms. The van der Waals surface area contributed by atoms with Gasteiger partial charge < -0.3 is 10.4 Å². The van der Waals surface area contributed by atoms with Crippen LogP contribution in [0.1, 0.15) is 11.1 Å². The van der Waals surface area contributed by atoms with Crippen molar-refractivity contribution in [2.75, 3.05) is 0 Å². The van der Waals surface area contributed by atoms with E-state index in [9.17, 15) is 14.7 Å². The van der Waals surface area contributed by atoms with Crippen molar-refractivity contribution in [1.29, 1.82) is 0 Å². The second-order valence-electron chi connectivity index (χ2n) is 5.06. The highest BCUT2D eigenvalue weighted by atomic mass is 79.9. The Morgan fingerprint density at radius 2 is 1.87 bits per heavy atom. The predicted octanol–water partition coefficient (Wildman–Crippen LogP) is 3.46. The minimum absolute atomic E-state index is 0.140. The SMILES string of the molecule is O=C(Cc1ccccc1)N[C@@H](Cc1cc(Cl)ccc1Br)C(=O)O. The average Bonchev–Trinajstić information content (AvgIpc) is 2.51. The molecule has 0 saturated heterocycles. The maximum absolute atomic E-state index is 12.1. The third-order valence-electron chi connectivity index (χ3n) is 3.27.